The molecule has 1 aromatic rings. The van der Waals surface area contributed by atoms with Gasteiger partial charge >= 0.3 is 0 Å². The molecule has 0 aromatic heterocycles. The van der Waals surface area contributed by atoms with E-state index in [1.165, 1.54) is 12.0 Å². The van der Waals surface area contributed by atoms with Crippen LogP contribution < -0.4 is 5.32 Å². The van der Waals surface area contributed by atoms with Gasteiger partial charge in [-0.15, -0.1) is 6.58 Å². The summed E-state index contributed by atoms with van der Waals surface area (Å²) in [4.78, 5) is 2.59. The summed E-state index contributed by atoms with van der Waals surface area (Å²) in [6.45, 7) is 11.7. The van der Waals surface area contributed by atoms with Crippen LogP contribution in [0.4, 0.5) is 0 Å². The van der Waals surface area contributed by atoms with Gasteiger partial charge in [0.2, 0.25) is 0 Å². The highest BCUT2D eigenvalue weighted by molar-refractivity contribution is 5.16. The Bertz CT molecular complexity index is 399. The van der Waals surface area contributed by atoms with Crippen molar-refractivity contribution in [3.8, 4) is 0 Å². The van der Waals surface area contributed by atoms with E-state index in [2.05, 4.69) is 61.0 Å². The molecular weight excluding hydrogens is 244 g/mol. The first-order valence-corrected chi connectivity index (χ1v) is 7.81. The molecule has 1 aliphatic rings. The third kappa shape index (κ3) is 4.46. The average Bonchev–Trinajstić information content (AvgIpc) is 2.42. The minimum Gasteiger partial charge on any atom is -0.311 e. The van der Waals surface area contributed by atoms with E-state index in [4.69, 9.17) is 0 Å². The minimum absolute atomic E-state index is 0.582. The second-order valence-electron chi connectivity index (χ2n) is 6.32. The normalized spacial score (nSPS) is 23.9. The van der Waals surface area contributed by atoms with E-state index in [0.717, 1.165) is 32.0 Å². The fourth-order valence-electron chi connectivity index (χ4n) is 3.13. The van der Waals surface area contributed by atoms with Crippen molar-refractivity contribution >= 4 is 0 Å². The molecule has 2 rings (SSSR count). The molecule has 110 valence electrons. The SMILES string of the molecule is C=CCN1CC(CC(C)C)NCC1Cc1ccccc1. The maximum absolute atomic E-state index is 3.92. The highest BCUT2D eigenvalue weighted by Crippen LogP contribution is 2.16. The van der Waals surface area contributed by atoms with Gasteiger partial charge in [0, 0.05) is 31.7 Å². The van der Waals surface area contributed by atoms with Gasteiger partial charge < -0.3 is 5.32 Å². The van der Waals surface area contributed by atoms with Gasteiger partial charge in [-0.25, -0.2) is 0 Å². The van der Waals surface area contributed by atoms with Crippen LogP contribution in [0.3, 0.4) is 0 Å². The van der Waals surface area contributed by atoms with Crippen LogP contribution >= 0.6 is 0 Å². The molecule has 1 aromatic carbocycles. The van der Waals surface area contributed by atoms with Gasteiger partial charge in [-0.3, -0.25) is 4.90 Å². The molecule has 2 heteroatoms. The zero-order valence-electron chi connectivity index (χ0n) is 12.9. The third-order valence-electron chi connectivity index (χ3n) is 4.05. The highest BCUT2D eigenvalue weighted by Gasteiger charge is 2.27. The van der Waals surface area contributed by atoms with E-state index >= 15 is 0 Å². The van der Waals surface area contributed by atoms with Crippen molar-refractivity contribution < 1.29 is 0 Å². The number of benzene rings is 1. The highest BCUT2D eigenvalue weighted by atomic mass is 15.2. The maximum atomic E-state index is 3.92. The number of hydrogen-bond donors (Lipinski definition) is 1. The van der Waals surface area contributed by atoms with Crippen LogP contribution in [0, 0.1) is 5.92 Å². The number of nitrogens with one attached hydrogen (secondary N) is 1. The Morgan fingerprint density at radius 3 is 2.75 bits per heavy atom. The summed E-state index contributed by atoms with van der Waals surface area (Å²) in [6, 6.07) is 12.0. The average molecular weight is 272 g/mol. The van der Waals surface area contributed by atoms with Gasteiger partial charge in [-0.1, -0.05) is 50.3 Å². The van der Waals surface area contributed by atoms with Crippen molar-refractivity contribution in [1.29, 1.82) is 0 Å². The molecular formula is C18H28N2. The van der Waals surface area contributed by atoms with E-state index in [1.807, 2.05) is 6.08 Å². The van der Waals surface area contributed by atoms with Crippen molar-refractivity contribution in [1.82, 2.24) is 10.2 Å². The molecule has 0 aliphatic carbocycles. The fourth-order valence-corrected chi connectivity index (χ4v) is 3.13. The molecule has 2 nitrogen and oxygen atoms in total. The Morgan fingerprint density at radius 1 is 1.35 bits per heavy atom. The first-order chi connectivity index (χ1) is 9.69. The molecule has 1 fully saturated rings. The Balaban J connectivity index is 1.96. The lowest BCUT2D eigenvalue weighted by Crippen LogP contribution is -2.57. The Hall–Kier alpha value is -1.12. The van der Waals surface area contributed by atoms with Gasteiger partial charge in [0.15, 0.2) is 0 Å². The van der Waals surface area contributed by atoms with E-state index in [1.54, 1.807) is 0 Å². The van der Waals surface area contributed by atoms with Crippen LogP contribution in [0.15, 0.2) is 43.0 Å². The zero-order chi connectivity index (χ0) is 14.4. The number of rotatable bonds is 6. The van der Waals surface area contributed by atoms with E-state index in [9.17, 15) is 0 Å². The molecule has 1 heterocycles. The van der Waals surface area contributed by atoms with Crippen molar-refractivity contribution in [2.24, 2.45) is 5.92 Å². The standard InChI is InChI=1S/C18H28N2/c1-4-10-20-14-17(11-15(2)3)19-13-18(20)12-16-8-6-5-7-9-16/h4-9,15,17-19H,1,10-14H2,2-3H3. The Kier molecular flexibility index (Phi) is 5.81. The molecule has 0 saturated carbocycles. The van der Waals surface area contributed by atoms with Gasteiger partial charge in [0.05, 0.1) is 0 Å². The molecule has 2 unspecified atom stereocenters. The monoisotopic (exact) mass is 272 g/mol. The topological polar surface area (TPSA) is 15.3 Å². The lowest BCUT2D eigenvalue weighted by atomic mass is 9.97. The van der Waals surface area contributed by atoms with E-state index in [-0.39, 0.29) is 0 Å². The van der Waals surface area contributed by atoms with Crippen LogP contribution in [0.25, 0.3) is 0 Å². The predicted molar refractivity (Wildman–Crippen MR) is 86.9 cm³/mol. The van der Waals surface area contributed by atoms with Gasteiger partial charge in [-0.05, 0) is 24.3 Å². The summed E-state index contributed by atoms with van der Waals surface area (Å²) in [5.74, 6) is 0.753. The number of piperazine rings is 1. The van der Waals surface area contributed by atoms with E-state index in [0.29, 0.717) is 12.1 Å². The van der Waals surface area contributed by atoms with Crippen molar-refractivity contribution in [2.75, 3.05) is 19.6 Å². The lowest BCUT2D eigenvalue weighted by Gasteiger charge is -2.40. The Morgan fingerprint density at radius 2 is 2.10 bits per heavy atom. The summed E-state index contributed by atoms with van der Waals surface area (Å²) in [7, 11) is 0. The summed E-state index contributed by atoms with van der Waals surface area (Å²) in [5, 5.41) is 3.73. The lowest BCUT2D eigenvalue weighted by molar-refractivity contribution is 0.135. The molecule has 0 spiro atoms. The quantitative estimate of drug-likeness (QED) is 0.801. The molecule has 0 bridgehead atoms. The molecule has 0 amide bonds. The first-order valence-electron chi connectivity index (χ1n) is 7.81. The maximum Gasteiger partial charge on any atom is 0.0265 e. The smallest absolute Gasteiger partial charge is 0.0265 e. The second-order valence-corrected chi connectivity index (χ2v) is 6.32. The summed E-state index contributed by atoms with van der Waals surface area (Å²) >= 11 is 0. The van der Waals surface area contributed by atoms with Crippen LogP contribution in [0.1, 0.15) is 25.8 Å². The molecule has 20 heavy (non-hydrogen) atoms. The largest absolute Gasteiger partial charge is 0.311 e. The summed E-state index contributed by atoms with van der Waals surface area (Å²) < 4.78 is 0. The van der Waals surface area contributed by atoms with Crippen LogP contribution in [0.2, 0.25) is 0 Å². The minimum atomic E-state index is 0.582. The molecule has 1 N–H and O–H groups in total. The van der Waals surface area contributed by atoms with Crippen molar-refractivity contribution in [2.45, 2.75) is 38.8 Å². The van der Waals surface area contributed by atoms with E-state index < -0.39 is 0 Å². The molecule has 2 atom stereocenters. The van der Waals surface area contributed by atoms with Crippen LogP contribution in [-0.4, -0.2) is 36.6 Å². The number of hydrogen-bond acceptors (Lipinski definition) is 2. The third-order valence-corrected chi connectivity index (χ3v) is 4.05. The van der Waals surface area contributed by atoms with Crippen molar-refractivity contribution in [3.05, 3.63) is 48.6 Å². The number of nitrogens with zero attached hydrogens (tertiary/aromatic N) is 1. The Labute approximate surface area is 123 Å². The second kappa shape index (κ2) is 7.61. The fraction of sp³-hybridized carbons (Fsp3) is 0.556. The summed E-state index contributed by atoms with van der Waals surface area (Å²) in [5.41, 5.74) is 1.43. The van der Waals surface area contributed by atoms with Gasteiger partial charge in [0.25, 0.3) is 0 Å². The van der Waals surface area contributed by atoms with Crippen LogP contribution in [-0.2, 0) is 6.42 Å². The van der Waals surface area contributed by atoms with Gasteiger partial charge in [-0.2, -0.15) is 0 Å². The first kappa shape index (κ1) is 15.3. The van der Waals surface area contributed by atoms with Crippen LogP contribution in [0.5, 0.6) is 0 Å². The summed E-state index contributed by atoms with van der Waals surface area (Å²) in [6.07, 6.45) is 4.41. The predicted octanol–water partition coefficient (Wildman–Crippen LogP) is 3.10. The van der Waals surface area contributed by atoms with Gasteiger partial charge in [0.1, 0.15) is 0 Å². The van der Waals surface area contributed by atoms with Crippen molar-refractivity contribution in [3.63, 3.8) is 0 Å². The molecule has 0 radical (unpaired) electrons. The molecule has 1 aliphatic heterocycles. The zero-order valence-corrected chi connectivity index (χ0v) is 12.9. The molecule has 1 saturated heterocycles.